The minimum atomic E-state index is 0.818. The molecule has 1 heteroatoms. The van der Waals surface area contributed by atoms with Crippen LogP contribution >= 0.6 is 11.6 Å². The molecule has 1 aromatic rings. The Kier molecular flexibility index (Phi) is 9.89. The average Bonchev–Trinajstić information content (AvgIpc) is 2.43. The van der Waals surface area contributed by atoms with Gasteiger partial charge in [0, 0.05) is 5.88 Å². The van der Waals surface area contributed by atoms with Crippen molar-refractivity contribution in [1.29, 1.82) is 0 Å². The lowest BCUT2D eigenvalue weighted by Crippen LogP contribution is -1.99. The Hall–Kier alpha value is -0.490. The molecule has 0 saturated heterocycles. The van der Waals surface area contributed by atoms with Gasteiger partial charge in [0.2, 0.25) is 0 Å². The predicted molar refractivity (Wildman–Crippen MR) is 87.0 cm³/mol. The molecule has 0 nitrogen and oxygen atoms in total. The third-order valence-corrected chi connectivity index (χ3v) is 4.02. The van der Waals surface area contributed by atoms with Gasteiger partial charge in [-0.1, -0.05) is 82.2 Å². The molecule has 0 amide bonds. The second kappa shape index (κ2) is 11.3. The zero-order valence-electron chi connectivity index (χ0n) is 12.4. The second-order valence-corrected chi connectivity index (χ2v) is 6.13. The van der Waals surface area contributed by atoms with Crippen LogP contribution in [0.1, 0.15) is 63.9 Å². The number of unbranched alkanes of at least 4 members (excludes halogenated alkanes) is 6. The Morgan fingerprint density at radius 2 is 1.42 bits per heavy atom. The molecule has 108 valence electrons. The Bertz CT molecular complexity index is 294. The fourth-order valence-electron chi connectivity index (χ4n) is 2.59. The Morgan fingerprint density at radius 1 is 0.842 bits per heavy atom. The van der Waals surface area contributed by atoms with E-state index < -0.39 is 0 Å². The monoisotopic (exact) mass is 280 g/mol. The van der Waals surface area contributed by atoms with Gasteiger partial charge in [-0.05, 0) is 24.3 Å². The first-order chi connectivity index (χ1) is 9.33. The zero-order valence-corrected chi connectivity index (χ0v) is 13.2. The molecule has 0 bridgehead atoms. The highest BCUT2D eigenvalue weighted by molar-refractivity contribution is 6.17. The van der Waals surface area contributed by atoms with Crippen molar-refractivity contribution in [2.24, 2.45) is 5.92 Å². The van der Waals surface area contributed by atoms with Crippen LogP contribution in [-0.2, 0) is 6.42 Å². The van der Waals surface area contributed by atoms with E-state index in [1.807, 2.05) is 0 Å². The quantitative estimate of drug-likeness (QED) is 0.333. The van der Waals surface area contributed by atoms with Crippen molar-refractivity contribution in [2.75, 3.05) is 5.88 Å². The molecule has 0 heterocycles. The molecule has 1 unspecified atom stereocenters. The van der Waals surface area contributed by atoms with Crippen LogP contribution in [0.4, 0.5) is 0 Å². The van der Waals surface area contributed by atoms with E-state index >= 15 is 0 Å². The first-order valence-electron chi connectivity index (χ1n) is 7.93. The van der Waals surface area contributed by atoms with Crippen LogP contribution in [0.2, 0.25) is 0 Å². The maximum Gasteiger partial charge on any atom is 0.0223 e. The molecule has 0 radical (unpaired) electrons. The first kappa shape index (κ1) is 16.6. The number of hydrogen-bond donors (Lipinski definition) is 0. The third-order valence-electron chi connectivity index (χ3n) is 3.76. The lowest BCUT2D eigenvalue weighted by Gasteiger charge is -2.11. The minimum absolute atomic E-state index is 0.818. The molecule has 0 aromatic heterocycles. The number of alkyl halides is 1. The van der Waals surface area contributed by atoms with E-state index in [9.17, 15) is 0 Å². The van der Waals surface area contributed by atoms with E-state index in [0.717, 1.165) is 11.8 Å². The van der Waals surface area contributed by atoms with Gasteiger partial charge in [-0.15, -0.1) is 11.6 Å². The maximum absolute atomic E-state index is 5.67. The van der Waals surface area contributed by atoms with E-state index in [4.69, 9.17) is 11.6 Å². The summed E-state index contributed by atoms with van der Waals surface area (Å²) < 4.78 is 0. The van der Waals surface area contributed by atoms with Crippen molar-refractivity contribution in [3.05, 3.63) is 35.9 Å². The van der Waals surface area contributed by atoms with Crippen molar-refractivity contribution in [3.63, 3.8) is 0 Å². The molecule has 0 spiro atoms. The summed E-state index contributed by atoms with van der Waals surface area (Å²) in [6, 6.07) is 10.9. The molecule has 1 aromatic carbocycles. The van der Waals surface area contributed by atoms with Crippen molar-refractivity contribution < 1.29 is 0 Å². The van der Waals surface area contributed by atoms with Gasteiger partial charge >= 0.3 is 0 Å². The summed E-state index contributed by atoms with van der Waals surface area (Å²) in [4.78, 5) is 0. The number of rotatable bonds is 11. The number of halogens is 1. The van der Waals surface area contributed by atoms with E-state index in [1.54, 1.807) is 0 Å². The summed E-state index contributed by atoms with van der Waals surface area (Å²) in [5.41, 5.74) is 1.48. The topological polar surface area (TPSA) is 0 Å². The van der Waals surface area contributed by atoms with Gasteiger partial charge in [-0.25, -0.2) is 0 Å². The summed E-state index contributed by atoms with van der Waals surface area (Å²) in [6.45, 7) is 2.38. The van der Waals surface area contributed by atoms with Crippen molar-refractivity contribution in [2.45, 2.75) is 64.7 Å². The van der Waals surface area contributed by atoms with Gasteiger partial charge in [0.1, 0.15) is 0 Å². The fraction of sp³-hybridized carbons (Fsp3) is 0.667. The summed E-state index contributed by atoms with van der Waals surface area (Å²) in [7, 11) is 0. The molecule has 0 aliphatic heterocycles. The third kappa shape index (κ3) is 9.10. The molecule has 0 fully saturated rings. The SMILES string of the molecule is CC(CCCCCCCCCCl)Cc1ccccc1. The minimum Gasteiger partial charge on any atom is -0.127 e. The van der Waals surface area contributed by atoms with E-state index in [0.29, 0.717) is 0 Å². The molecular weight excluding hydrogens is 252 g/mol. The van der Waals surface area contributed by atoms with Gasteiger partial charge in [0.15, 0.2) is 0 Å². The van der Waals surface area contributed by atoms with Gasteiger partial charge in [-0.3, -0.25) is 0 Å². The molecule has 0 saturated carbocycles. The second-order valence-electron chi connectivity index (χ2n) is 5.75. The molecule has 1 rings (SSSR count). The molecule has 19 heavy (non-hydrogen) atoms. The van der Waals surface area contributed by atoms with Crippen molar-refractivity contribution in [3.8, 4) is 0 Å². The average molecular weight is 281 g/mol. The first-order valence-corrected chi connectivity index (χ1v) is 8.46. The van der Waals surface area contributed by atoms with Gasteiger partial charge < -0.3 is 0 Å². The van der Waals surface area contributed by atoms with Gasteiger partial charge in [0.25, 0.3) is 0 Å². The Morgan fingerprint density at radius 3 is 2.05 bits per heavy atom. The lowest BCUT2D eigenvalue weighted by atomic mass is 9.95. The molecule has 0 N–H and O–H groups in total. The number of hydrogen-bond acceptors (Lipinski definition) is 0. The van der Waals surface area contributed by atoms with Crippen LogP contribution in [0.25, 0.3) is 0 Å². The molecule has 0 aliphatic rings. The van der Waals surface area contributed by atoms with E-state index in [2.05, 4.69) is 37.3 Å². The van der Waals surface area contributed by atoms with Gasteiger partial charge in [0.05, 0.1) is 0 Å². The van der Waals surface area contributed by atoms with Crippen LogP contribution in [0.15, 0.2) is 30.3 Å². The van der Waals surface area contributed by atoms with Crippen LogP contribution in [0.3, 0.4) is 0 Å². The largest absolute Gasteiger partial charge is 0.127 e. The van der Waals surface area contributed by atoms with E-state index in [1.165, 1.54) is 63.4 Å². The lowest BCUT2D eigenvalue weighted by molar-refractivity contribution is 0.479. The predicted octanol–water partition coefficient (Wildman–Crippen LogP) is 6.22. The highest BCUT2D eigenvalue weighted by Crippen LogP contribution is 2.16. The van der Waals surface area contributed by atoms with Crippen LogP contribution in [0.5, 0.6) is 0 Å². The normalized spacial score (nSPS) is 12.5. The highest BCUT2D eigenvalue weighted by Gasteiger charge is 2.03. The van der Waals surface area contributed by atoms with Crippen LogP contribution in [-0.4, -0.2) is 5.88 Å². The fourth-order valence-corrected chi connectivity index (χ4v) is 2.78. The van der Waals surface area contributed by atoms with Crippen LogP contribution in [0, 0.1) is 5.92 Å². The molecule has 1 atom stereocenters. The van der Waals surface area contributed by atoms with Crippen molar-refractivity contribution >= 4 is 11.6 Å². The highest BCUT2D eigenvalue weighted by atomic mass is 35.5. The van der Waals surface area contributed by atoms with Crippen molar-refractivity contribution in [1.82, 2.24) is 0 Å². The summed E-state index contributed by atoms with van der Waals surface area (Å²) in [5, 5.41) is 0. The smallest absolute Gasteiger partial charge is 0.0223 e. The maximum atomic E-state index is 5.67. The van der Waals surface area contributed by atoms with E-state index in [-0.39, 0.29) is 0 Å². The Balaban J connectivity index is 1.94. The van der Waals surface area contributed by atoms with Crippen LogP contribution < -0.4 is 0 Å². The molecular formula is C18H29Cl. The molecule has 0 aliphatic carbocycles. The summed E-state index contributed by atoms with van der Waals surface area (Å²) in [6.07, 6.45) is 12.1. The summed E-state index contributed by atoms with van der Waals surface area (Å²) in [5.74, 6) is 1.65. The standard InChI is InChI=1S/C18H29Cl/c1-17(16-18-13-9-7-10-14-18)12-8-5-3-2-4-6-11-15-19/h7,9-10,13-14,17H,2-6,8,11-12,15-16H2,1H3. The number of benzene rings is 1. The zero-order chi connectivity index (χ0) is 13.8. The van der Waals surface area contributed by atoms with Gasteiger partial charge in [-0.2, -0.15) is 0 Å². The summed E-state index contributed by atoms with van der Waals surface area (Å²) >= 11 is 5.67. The Labute approximate surface area is 124 Å².